The third-order valence-electron chi connectivity index (χ3n) is 6.21. The molecule has 3 nitrogen and oxygen atoms in total. The Labute approximate surface area is 147 Å². The molecule has 0 saturated heterocycles. The lowest BCUT2D eigenvalue weighted by Gasteiger charge is -2.38. The van der Waals surface area contributed by atoms with Crippen LogP contribution in [0.15, 0.2) is 0 Å². The van der Waals surface area contributed by atoms with Gasteiger partial charge in [0.1, 0.15) is 0 Å². The van der Waals surface area contributed by atoms with E-state index in [0.29, 0.717) is 30.2 Å². The summed E-state index contributed by atoms with van der Waals surface area (Å²) in [5.41, 5.74) is 6.36. The predicted molar refractivity (Wildman–Crippen MR) is 96.9 cm³/mol. The second-order valence-corrected chi connectivity index (χ2v) is 8.79. The molecular weight excluding hydrogens is 308 g/mol. The SMILES string of the molecule is CC(C)[C@@H]1CC[C@@H](C)C[C@H]1C(=O)N(Cl)C[C@@H](N)C1CCCCC1. The topological polar surface area (TPSA) is 46.3 Å². The summed E-state index contributed by atoms with van der Waals surface area (Å²) in [4.78, 5) is 12.9. The number of halogens is 1. The van der Waals surface area contributed by atoms with Crippen molar-refractivity contribution in [3.05, 3.63) is 0 Å². The first-order chi connectivity index (χ1) is 10.9. The number of carbonyl (C=O) groups is 1. The number of hydrogen-bond donors (Lipinski definition) is 1. The van der Waals surface area contributed by atoms with Gasteiger partial charge in [0.05, 0.1) is 6.54 Å². The molecule has 23 heavy (non-hydrogen) atoms. The van der Waals surface area contributed by atoms with E-state index in [4.69, 9.17) is 17.5 Å². The first kappa shape index (κ1) is 19.1. The highest BCUT2D eigenvalue weighted by Crippen LogP contribution is 2.39. The molecule has 4 atom stereocenters. The molecule has 0 aromatic rings. The van der Waals surface area contributed by atoms with Crippen LogP contribution in [-0.4, -0.2) is 22.9 Å². The molecule has 2 rings (SSSR count). The number of amides is 1. The van der Waals surface area contributed by atoms with Gasteiger partial charge in [-0.15, -0.1) is 0 Å². The Kier molecular flexibility index (Phi) is 7.21. The Morgan fingerprint density at radius 2 is 1.83 bits per heavy atom. The molecular formula is C19H35ClN2O. The maximum atomic E-state index is 12.9. The largest absolute Gasteiger partial charge is 0.326 e. The number of nitrogens with two attached hydrogens (primary N) is 1. The van der Waals surface area contributed by atoms with Crippen molar-refractivity contribution in [1.29, 1.82) is 0 Å². The first-order valence-electron chi connectivity index (χ1n) is 9.62. The molecule has 0 aromatic heterocycles. The fourth-order valence-corrected chi connectivity index (χ4v) is 4.94. The molecule has 1 amide bonds. The van der Waals surface area contributed by atoms with Crippen molar-refractivity contribution in [2.24, 2.45) is 35.3 Å². The third kappa shape index (κ3) is 5.09. The molecule has 0 spiro atoms. The second kappa shape index (κ2) is 8.71. The summed E-state index contributed by atoms with van der Waals surface area (Å²) in [6.45, 7) is 7.21. The van der Waals surface area contributed by atoms with Gasteiger partial charge in [-0.3, -0.25) is 9.21 Å². The zero-order valence-corrected chi connectivity index (χ0v) is 15.9. The van der Waals surface area contributed by atoms with Crippen molar-refractivity contribution >= 4 is 17.7 Å². The van der Waals surface area contributed by atoms with E-state index in [9.17, 15) is 4.79 Å². The normalized spacial score (nSPS) is 31.1. The van der Waals surface area contributed by atoms with Crippen LogP contribution in [0.25, 0.3) is 0 Å². The van der Waals surface area contributed by atoms with Crippen LogP contribution < -0.4 is 5.73 Å². The van der Waals surface area contributed by atoms with Crippen LogP contribution in [-0.2, 0) is 4.79 Å². The summed E-state index contributed by atoms with van der Waals surface area (Å²) in [5.74, 6) is 2.34. The monoisotopic (exact) mass is 342 g/mol. The van der Waals surface area contributed by atoms with Gasteiger partial charge >= 0.3 is 0 Å². The fourth-order valence-electron chi connectivity index (χ4n) is 4.65. The van der Waals surface area contributed by atoms with E-state index in [1.54, 1.807) is 0 Å². The van der Waals surface area contributed by atoms with E-state index in [0.717, 1.165) is 12.8 Å². The van der Waals surface area contributed by atoms with E-state index in [-0.39, 0.29) is 17.9 Å². The van der Waals surface area contributed by atoms with Crippen molar-refractivity contribution < 1.29 is 4.79 Å². The number of rotatable bonds is 5. The van der Waals surface area contributed by atoms with Gasteiger partial charge in [-0.1, -0.05) is 46.5 Å². The first-order valence-corrected chi connectivity index (χ1v) is 9.96. The Morgan fingerprint density at radius 1 is 1.17 bits per heavy atom. The standard InChI is InChI=1S/C19H35ClN2O/c1-13(2)16-10-9-14(3)11-17(16)19(23)22(20)12-18(21)15-7-5-4-6-8-15/h13-18H,4-12,21H2,1-3H3/t14-,16+,17-,18-/m1/s1. The number of hydrogen-bond acceptors (Lipinski definition) is 2. The van der Waals surface area contributed by atoms with Crippen LogP contribution in [0, 0.1) is 29.6 Å². The van der Waals surface area contributed by atoms with Gasteiger partial charge in [0.2, 0.25) is 5.91 Å². The average Bonchev–Trinajstić information content (AvgIpc) is 2.54. The Balaban J connectivity index is 1.93. The number of nitrogens with zero attached hydrogens (tertiary/aromatic N) is 1. The highest BCUT2D eigenvalue weighted by molar-refractivity contribution is 6.21. The molecule has 2 aliphatic carbocycles. The molecule has 0 heterocycles. The molecule has 2 saturated carbocycles. The van der Waals surface area contributed by atoms with Crippen LogP contribution in [0.4, 0.5) is 0 Å². The highest BCUT2D eigenvalue weighted by atomic mass is 35.5. The Morgan fingerprint density at radius 3 is 2.43 bits per heavy atom. The third-order valence-corrected chi connectivity index (χ3v) is 6.51. The average molecular weight is 343 g/mol. The minimum Gasteiger partial charge on any atom is -0.326 e. The van der Waals surface area contributed by atoms with Crippen molar-refractivity contribution in [2.45, 2.75) is 78.2 Å². The summed E-state index contributed by atoms with van der Waals surface area (Å²) in [5, 5.41) is 0. The van der Waals surface area contributed by atoms with Crippen molar-refractivity contribution in [3.63, 3.8) is 0 Å². The summed E-state index contributed by atoms with van der Waals surface area (Å²) >= 11 is 6.40. The Bertz CT molecular complexity index is 382. The van der Waals surface area contributed by atoms with Gasteiger partial charge in [-0.2, -0.15) is 0 Å². The zero-order chi connectivity index (χ0) is 17.0. The van der Waals surface area contributed by atoms with Crippen molar-refractivity contribution in [3.8, 4) is 0 Å². The molecule has 2 fully saturated rings. The lowest BCUT2D eigenvalue weighted by molar-refractivity contribution is -0.135. The lowest BCUT2D eigenvalue weighted by Crippen LogP contribution is -2.45. The quantitative estimate of drug-likeness (QED) is 0.743. The van der Waals surface area contributed by atoms with E-state index in [2.05, 4.69) is 20.8 Å². The van der Waals surface area contributed by atoms with Crippen LogP contribution in [0.3, 0.4) is 0 Å². The summed E-state index contributed by atoms with van der Waals surface area (Å²) < 4.78 is 1.43. The van der Waals surface area contributed by atoms with Crippen molar-refractivity contribution in [2.75, 3.05) is 6.54 Å². The van der Waals surface area contributed by atoms with E-state index in [1.807, 2.05) is 0 Å². The molecule has 2 N–H and O–H groups in total. The number of carbonyl (C=O) groups excluding carboxylic acids is 1. The minimum absolute atomic E-state index is 0.0234. The van der Waals surface area contributed by atoms with Crippen LogP contribution >= 0.6 is 11.8 Å². The highest BCUT2D eigenvalue weighted by Gasteiger charge is 2.38. The fraction of sp³-hybridized carbons (Fsp3) is 0.947. The second-order valence-electron chi connectivity index (χ2n) is 8.38. The van der Waals surface area contributed by atoms with Crippen LogP contribution in [0.5, 0.6) is 0 Å². The predicted octanol–water partition coefficient (Wildman–Crippen LogP) is 4.58. The summed E-state index contributed by atoms with van der Waals surface area (Å²) in [7, 11) is 0. The van der Waals surface area contributed by atoms with Gasteiger partial charge in [-0.25, -0.2) is 0 Å². The molecule has 0 aromatic carbocycles. The van der Waals surface area contributed by atoms with E-state index in [1.165, 1.54) is 42.9 Å². The van der Waals surface area contributed by atoms with Gasteiger partial charge in [0, 0.05) is 23.7 Å². The zero-order valence-electron chi connectivity index (χ0n) is 15.1. The molecule has 134 valence electrons. The van der Waals surface area contributed by atoms with Gasteiger partial charge < -0.3 is 5.73 Å². The van der Waals surface area contributed by atoms with Crippen LogP contribution in [0.1, 0.15) is 72.1 Å². The molecule has 4 heteroatoms. The smallest absolute Gasteiger partial charge is 0.240 e. The summed E-state index contributed by atoms with van der Waals surface area (Å²) in [6, 6.07) is 0.0234. The summed E-state index contributed by atoms with van der Waals surface area (Å²) in [6.07, 6.45) is 9.59. The maximum Gasteiger partial charge on any atom is 0.240 e. The maximum absolute atomic E-state index is 12.9. The van der Waals surface area contributed by atoms with Gasteiger partial charge in [0.25, 0.3) is 0 Å². The van der Waals surface area contributed by atoms with Gasteiger partial charge in [0.15, 0.2) is 0 Å². The Hall–Kier alpha value is -0.280. The molecule has 0 radical (unpaired) electrons. The lowest BCUT2D eigenvalue weighted by atomic mass is 9.69. The van der Waals surface area contributed by atoms with Crippen molar-refractivity contribution in [1.82, 2.24) is 4.42 Å². The molecule has 2 aliphatic rings. The van der Waals surface area contributed by atoms with E-state index >= 15 is 0 Å². The van der Waals surface area contributed by atoms with E-state index < -0.39 is 0 Å². The van der Waals surface area contributed by atoms with Crippen LogP contribution in [0.2, 0.25) is 0 Å². The molecule has 0 aliphatic heterocycles. The molecule has 0 unspecified atom stereocenters. The minimum atomic E-state index is 0.0234. The molecule has 0 bridgehead atoms. The van der Waals surface area contributed by atoms with Gasteiger partial charge in [-0.05, 0) is 49.4 Å².